The van der Waals surface area contributed by atoms with Gasteiger partial charge in [0.25, 0.3) is 5.56 Å². The SMILES string of the molecule is Cn1nc(C2CCC(=O)NC2=O)c2ccc(C3(O)CCN(CC4CCN(c5ncc(Cl)c(Nc6ccc7c(c6)c6c(c(=O)n7C)OCC(F)(F)[C@H](C7CC7)N6)n5)CC4)CC3)cc21. The van der Waals surface area contributed by atoms with Crippen molar-refractivity contribution in [2.75, 3.05) is 54.9 Å². The minimum absolute atomic E-state index is 0.115. The Balaban J connectivity index is 0.772. The van der Waals surface area contributed by atoms with Crippen LogP contribution in [0.4, 0.5) is 31.9 Å². The number of aryl methyl sites for hydroxylation is 2. The Bertz CT molecular complexity index is 2670. The van der Waals surface area contributed by atoms with Gasteiger partial charge in [-0.2, -0.15) is 10.1 Å². The van der Waals surface area contributed by atoms with Crippen LogP contribution in [0.1, 0.15) is 68.5 Å². The van der Waals surface area contributed by atoms with Crippen LogP contribution < -0.4 is 31.1 Å². The number of amides is 2. The van der Waals surface area contributed by atoms with E-state index in [4.69, 9.17) is 21.3 Å². The second-order valence-corrected chi connectivity index (χ2v) is 18.2. The van der Waals surface area contributed by atoms with Crippen molar-refractivity contribution in [3.63, 3.8) is 0 Å². The van der Waals surface area contributed by atoms with Gasteiger partial charge >= 0.3 is 5.92 Å². The molecule has 0 radical (unpaired) electrons. The Morgan fingerprint density at radius 1 is 0.968 bits per heavy atom. The normalized spacial score (nSPS) is 23.1. The van der Waals surface area contributed by atoms with Crippen LogP contribution in [0.25, 0.3) is 21.8 Å². The molecule has 4 fully saturated rings. The molecule has 0 bridgehead atoms. The number of likely N-dealkylation sites (tertiary alicyclic amines) is 1. The van der Waals surface area contributed by atoms with Gasteiger partial charge in [0, 0.05) is 69.7 Å². The van der Waals surface area contributed by atoms with E-state index >= 15 is 8.78 Å². The average Bonchev–Trinajstić information content (AvgIpc) is 4.06. The number of benzene rings is 2. The summed E-state index contributed by atoms with van der Waals surface area (Å²) >= 11 is 6.62. The lowest BCUT2D eigenvalue weighted by atomic mass is 9.83. The van der Waals surface area contributed by atoms with Gasteiger partial charge in [-0.05, 0) is 86.6 Å². The predicted molar refractivity (Wildman–Crippen MR) is 230 cm³/mol. The van der Waals surface area contributed by atoms with E-state index in [1.165, 1.54) is 4.57 Å². The summed E-state index contributed by atoms with van der Waals surface area (Å²) in [5, 5.41) is 27.0. The molecule has 5 aliphatic rings. The summed E-state index contributed by atoms with van der Waals surface area (Å²) in [6, 6.07) is 10.1. The third kappa shape index (κ3) is 7.40. The van der Waals surface area contributed by atoms with Crippen molar-refractivity contribution < 1.29 is 28.2 Å². The van der Waals surface area contributed by atoms with Gasteiger partial charge in [-0.1, -0.05) is 23.7 Å². The van der Waals surface area contributed by atoms with Crippen molar-refractivity contribution in [3.8, 4) is 5.75 Å². The lowest BCUT2D eigenvalue weighted by Gasteiger charge is -2.41. The number of carbonyl (C=O) groups excluding carboxylic acids is 2. The molecule has 4 N–H and O–H groups in total. The van der Waals surface area contributed by atoms with Crippen LogP contribution in [-0.4, -0.2) is 97.4 Å². The topological polar surface area (TPSA) is 172 Å². The number of piperidine rings is 3. The van der Waals surface area contributed by atoms with E-state index in [0.717, 1.165) is 62.0 Å². The molecular formula is C44H49ClF2N10O5. The van der Waals surface area contributed by atoms with E-state index in [9.17, 15) is 19.5 Å². The molecule has 326 valence electrons. The van der Waals surface area contributed by atoms with Gasteiger partial charge in [-0.25, -0.2) is 13.8 Å². The van der Waals surface area contributed by atoms with Crippen molar-refractivity contribution in [1.82, 2.24) is 34.5 Å². The Labute approximate surface area is 360 Å². The van der Waals surface area contributed by atoms with E-state index in [1.807, 2.05) is 25.2 Å². The molecule has 2 aromatic carbocycles. The maximum Gasteiger partial charge on any atom is 0.301 e. The fraction of sp³-hybridized carbons (Fsp3) is 0.500. The second-order valence-electron chi connectivity index (χ2n) is 17.8. The average molecular weight is 871 g/mol. The number of nitrogens with zero attached hydrogens (tertiary/aromatic N) is 7. The van der Waals surface area contributed by atoms with Crippen LogP contribution >= 0.6 is 11.6 Å². The predicted octanol–water partition coefficient (Wildman–Crippen LogP) is 5.55. The van der Waals surface area contributed by atoms with E-state index in [0.29, 0.717) is 77.1 Å². The number of ether oxygens (including phenoxy) is 1. The number of nitrogens with one attached hydrogen (secondary N) is 3. The minimum Gasteiger partial charge on any atom is -0.480 e. The highest BCUT2D eigenvalue weighted by atomic mass is 35.5. The number of hydrogen-bond acceptors (Lipinski definition) is 12. The quantitative estimate of drug-likeness (QED) is 0.144. The second kappa shape index (κ2) is 15.4. The highest BCUT2D eigenvalue weighted by Crippen LogP contribution is 2.46. The standard InChI is InChI=1S/C44H49ClF2N10O5/c1-54-32-9-6-27(20-30(32)36-37(41(54)60)62-23-44(46,47)38(51-36)25-3-4-25)49-39-31(45)21-48-42(52-39)57-15-11-24(12-16-57)22-56-17-13-43(61,14-18-56)26-5-7-28-33(19-26)55(2)53-35(28)29-8-10-34(58)50-40(29)59/h5-7,9,19-21,24-25,29,38,51,61H,3-4,8,10-18,22-23H2,1-2H3,(H,48,49,52)(H,50,58,59)/t29?,38-/m0/s1. The highest BCUT2D eigenvalue weighted by Gasteiger charge is 2.51. The maximum absolute atomic E-state index is 15.2. The number of anilines is 4. The van der Waals surface area contributed by atoms with E-state index in [2.05, 4.69) is 35.8 Å². The molecule has 7 heterocycles. The summed E-state index contributed by atoms with van der Waals surface area (Å²) in [5.41, 5.74) is 2.33. The fourth-order valence-electron chi connectivity index (χ4n) is 9.88. The maximum atomic E-state index is 15.2. The largest absolute Gasteiger partial charge is 0.480 e. The summed E-state index contributed by atoms with van der Waals surface area (Å²) in [5.74, 6) is -3.07. The van der Waals surface area contributed by atoms with E-state index in [-0.39, 0.29) is 35.6 Å². The van der Waals surface area contributed by atoms with Crippen LogP contribution in [0, 0.1) is 11.8 Å². The first-order valence-electron chi connectivity index (χ1n) is 21.5. The van der Waals surface area contributed by atoms with Crippen molar-refractivity contribution in [2.24, 2.45) is 25.9 Å². The lowest BCUT2D eigenvalue weighted by Crippen LogP contribution is -2.46. The van der Waals surface area contributed by atoms with Crippen LogP contribution in [0.15, 0.2) is 47.4 Å². The summed E-state index contributed by atoms with van der Waals surface area (Å²) in [4.78, 5) is 51.5. The zero-order chi connectivity index (χ0) is 43.1. The first-order chi connectivity index (χ1) is 29.7. The van der Waals surface area contributed by atoms with E-state index < -0.39 is 35.6 Å². The number of carbonyl (C=O) groups is 2. The van der Waals surface area contributed by atoms with Gasteiger partial charge in [-0.15, -0.1) is 0 Å². The van der Waals surface area contributed by atoms with Crippen LogP contribution in [0.2, 0.25) is 5.02 Å². The summed E-state index contributed by atoms with van der Waals surface area (Å²) < 4.78 is 39.0. The molecule has 3 saturated heterocycles. The number of rotatable bonds is 8. The molecule has 15 nitrogen and oxygen atoms in total. The minimum atomic E-state index is -3.14. The number of alkyl halides is 2. The highest BCUT2D eigenvalue weighted by molar-refractivity contribution is 6.33. The summed E-state index contributed by atoms with van der Waals surface area (Å²) in [6.45, 7) is 3.14. The van der Waals surface area contributed by atoms with Gasteiger partial charge in [0.05, 0.1) is 46.2 Å². The number of pyridine rings is 1. The van der Waals surface area contributed by atoms with Gasteiger partial charge in [-0.3, -0.25) is 24.4 Å². The number of imide groups is 1. The Morgan fingerprint density at radius 2 is 1.74 bits per heavy atom. The molecule has 0 spiro atoms. The van der Waals surface area contributed by atoms with Crippen molar-refractivity contribution in [1.29, 1.82) is 0 Å². The molecule has 1 aliphatic carbocycles. The zero-order valence-corrected chi connectivity index (χ0v) is 35.4. The fourth-order valence-corrected chi connectivity index (χ4v) is 10.0. The first-order valence-corrected chi connectivity index (χ1v) is 21.9. The molecule has 4 aliphatic heterocycles. The number of fused-ring (bicyclic) bond motifs is 4. The lowest BCUT2D eigenvalue weighted by molar-refractivity contribution is -0.134. The zero-order valence-electron chi connectivity index (χ0n) is 34.6. The van der Waals surface area contributed by atoms with Gasteiger partial charge in [0.1, 0.15) is 5.02 Å². The van der Waals surface area contributed by atoms with Crippen molar-refractivity contribution in [2.45, 2.75) is 74.8 Å². The molecular weight excluding hydrogens is 822 g/mol. The third-order valence-corrected chi connectivity index (χ3v) is 14.0. The van der Waals surface area contributed by atoms with Gasteiger partial charge in [0.2, 0.25) is 23.5 Å². The number of halogens is 3. The van der Waals surface area contributed by atoms with Crippen molar-refractivity contribution >= 4 is 68.4 Å². The molecule has 10 rings (SSSR count). The monoisotopic (exact) mass is 870 g/mol. The molecule has 1 unspecified atom stereocenters. The summed E-state index contributed by atoms with van der Waals surface area (Å²) in [6.07, 6.45) is 6.78. The number of aromatic nitrogens is 5. The number of hydrogen-bond donors (Lipinski definition) is 4. The Morgan fingerprint density at radius 3 is 2.48 bits per heavy atom. The third-order valence-electron chi connectivity index (χ3n) is 13.7. The van der Waals surface area contributed by atoms with E-state index in [1.54, 1.807) is 36.1 Å². The van der Waals surface area contributed by atoms with Gasteiger partial charge in [0.15, 0.2) is 12.4 Å². The first kappa shape index (κ1) is 40.7. The van der Waals surface area contributed by atoms with Crippen LogP contribution in [0.3, 0.4) is 0 Å². The van der Waals surface area contributed by atoms with Gasteiger partial charge < -0.3 is 34.8 Å². The summed E-state index contributed by atoms with van der Waals surface area (Å²) in [7, 11) is 3.44. The number of aliphatic hydroxyl groups is 1. The van der Waals surface area contributed by atoms with Crippen molar-refractivity contribution in [3.05, 3.63) is 69.2 Å². The smallest absolute Gasteiger partial charge is 0.301 e. The molecule has 2 atom stereocenters. The molecule has 3 aromatic heterocycles. The molecule has 1 saturated carbocycles. The molecule has 2 amide bonds. The van der Waals surface area contributed by atoms with Crippen LogP contribution in [-0.2, 0) is 29.3 Å². The Hall–Kier alpha value is -5.39. The Kier molecular flexibility index (Phi) is 10.1. The molecule has 62 heavy (non-hydrogen) atoms. The molecule has 18 heteroatoms. The molecule has 5 aromatic rings. The van der Waals surface area contributed by atoms with Crippen LogP contribution in [0.5, 0.6) is 5.75 Å².